The molecule has 0 radical (unpaired) electrons. The van der Waals surface area contributed by atoms with Gasteiger partial charge in [-0.2, -0.15) is 0 Å². The fraction of sp³-hybridized carbons (Fsp3) is 0.370. The van der Waals surface area contributed by atoms with E-state index < -0.39 is 6.04 Å². The molecule has 2 fully saturated rings. The Morgan fingerprint density at radius 1 is 0.714 bits per heavy atom. The third-order valence-electron chi connectivity index (χ3n) is 10.7. The SMILES string of the molecule is CCOc1ccc(C=CC(=O)N(Cc2ccc(N3CCN(C(C)=O)CC3)cc2)[C@@H](Cc2ccccc2)C(=O)N2CCN(Cc3ccc(N(C)C)cc3)CC2)cc1. The molecule has 0 saturated carbocycles. The van der Waals surface area contributed by atoms with E-state index in [4.69, 9.17) is 4.74 Å². The monoisotopic (exact) mass is 756 g/mol. The van der Waals surface area contributed by atoms with Crippen LogP contribution in [0.2, 0.25) is 0 Å². The number of ether oxygens (including phenoxy) is 1. The Balaban J connectivity index is 1.23. The summed E-state index contributed by atoms with van der Waals surface area (Å²) in [4.78, 5) is 53.4. The molecule has 2 heterocycles. The van der Waals surface area contributed by atoms with Gasteiger partial charge in [-0.1, -0.05) is 66.7 Å². The Labute approximate surface area is 332 Å². The molecule has 10 heteroatoms. The van der Waals surface area contributed by atoms with Gasteiger partial charge in [0.1, 0.15) is 11.8 Å². The van der Waals surface area contributed by atoms with Gasteiger partial charge >= 0.3 is 0 Å². The minimum Gasteiger partial charge on any atom is -0.494 e. The highest BCUT2D eigenvalue weighted by Crippen LogP contribution is 2.23. The predicted molar refractivity (Wildman–Crippen MR) is 225 cm³/mol. The molecule has 2 saturated heterocycles. The molecule has 10 nitrogen and oxygen atoms in total. The van der Waals surface area contributed by atoms with Gasteiger partial charge in [0.2, 0.25) is 17.7 Å². The maximum absolute atomic E-state index is 14.7. The van der Waals surface area contributed by atoms with Crippen LogP contribution >= 0.6 is 0 Å². The van der Waals surface area contributed by atoms with E-state index in [1.54, 1.807) is 17.9 Å². The maximum Gasteiger partial charge on any atom is 0.247 e. The van der Waals surface area contributed by atoms with Crippen molar-refractivity contribution >= 4 is 35.2 Å². The summed E-state index contributed by atoms with van der Waals surface area (Å²) in [5.41, 5.74) is 6.30. The number of amides is 3. The van der Waals surface area contributed by atoms with Gasteiger partial charge in [-0.3, -0.25) is 19.3 Å². The summed E-state index contributed by atoms with van der Waals surface area (Å²) in [5.74, 6) is 0.621. The first kappa shape index (κ1) is 40.1. The minimum absolute atomic E-state index is 0.0355. The Bertz CT molecular complexity index is 1900. The Morgan fingerprint density at radius 2 is 1.34 bits per heavy atom. The van der Waals surface area contributed by atoms with Crippen molar-refractivity contribution in [2.75, 3.05) is 82.9 Å². The summed E-state index contributed by atoms with van der Waals surface area (Å²) in [5, 5.41) is 0. The minimum atomic E-state index is -0.709. The normalized spacial score (nSPS) is 15.5. The average Bonchev–Trinajstić information content (AvgIpc) is 3.22. The molecule has 0 spiro atoms. The molecule has 294 valence electrons. The second-order valence-electron chi connectivity index (χ2n) is 14.8. The molecule has 0 N–H and O–H groups in total. The second kappa shape index (κ2) is 19.3. The smallest absolute Gasteiger partial charge is 0.247 e. The average molecular weight is 757 g/mol. The molecule has 4 aromatic rings. The van der Waals surface area contributed by atoms with Crippen LogP contribution in [0.4, 0.5) is 11.4 Å². The number of hydrogen-bond donors (Lipinski definition) is 0. The number of nitrogens with zero attached hydrogens (tertiary/aromatic N) is 6. The van der Waals surface area contributed by atoms with Crippen molar-refractivity contribution in [1.29, 1.82) is 0 Å². The van der Waals surface area contributed by atoms with Crippen molar-refractivity contribution in [3.8, 4) is 5.75 Å². The maximum atomic E-state index is 14.7. The molecule has 56 heavy (non-hydrogen) atoms. The van der Waals surface area contributed by atoms with E-state index in [0.29, 0.717) is 39.2 Å². The zero-order valence-electron chi connectivity index (χ0n) is 33.3. The number of carbonyl (C=O) groups is 3. The van der Waals surface area contributed by atoms with E-state index in [9.17, 15) is 14.4 Å². The van der Waals surface area contributed by atoms with Crippen LogP contribution in [0.5, 0.6) is 5.75 Å². The first-order valence-corrected chi connectivity index (χ1v) is 19.8. The lowest BCUT2D eigenvalue weighted by atomic mass is 10.0. The predicted octanol–water partition coefficient (Wildman–Crippen LogP) is 5.82. The third kappa shape index (κ3) is 10.8. The highest BCUT2D eigenvalue weighted by molar-refractivity contribution is 5.96. The number of anilines is 2. The lowest BCUT2D eigenvalue weighted by Gasteiger charge is -2.39. The molecule has 1 atom stereocenters. The van der Waals surface area contributed by atoms with E-state index in [-0.39, 0.29) is 24.3 Å². The van der Waals surface area contributed by atoms with Gasteiger partial charge in [0.25, 0.3) is 0 Å². The summed E-state index contributed by atoms with van der Waals surface area (Å²) in [6.07, 6.45) is 3.80. The summed E-state index contributed by atoms with van der Waals surface area (Å²) < 4.78 is 5.61. The first-order valence-electron chi connectivity index (χ1n) is 19.8. The first-order chi connectivity index (χ1) is 27.2. The highest BCUT2D eigenvalue weighted by atomic mass is 16.5. The number of piperazine rings is 2. The molecule has 0 aromatic heterocycles. The zero-order valence-corrected chi connectivity index (χ0v) is 33.3. The van der Waals surface area contributed by atoms with Crippen LogP contribution in [-0.4, -0.2) is 116 Å². The molecule has 2 aliphatic rings. The van der Waals surface area contributed by atoms with Crippen LogP contribution in [0, 0.1) is 0 Å². The summed E-state index contributed by atoms with van der Waals surface area (Å²) in [6.45, 7) is 10.9. The van der Waals surface area contributed by atoms with Crippen LogP contribution in [0.3, 0.4) is 0 Å². The van der Waals surface area contributed by atoms with E-state index in [1.807, 2.05) is 91.5 Å². The second-order valence-corrected chi connectivity index (χ2v) is 14.8. The topological polar surface area (TPSA) is 79.9 Å². The van der Waals surface area contributed by atoms with Crippen molar-refractivity contribution in [2.45, 2.75) is 39.4 Å². The Morgan fingerprint density at radius 3 is 1.95 bits per heavy atom. The Hall–Kier alpha value is -5.61. The highest BCUT2D eigenvalue weighted by Gasteiger charge is 2.34. The van der Waals surface area contributed by atoms with Crippen molar-refractivity contribution < 1.29 is 19.1 Å². The largest absolute Gasteiger partial charge is 0.494 e. The van der Waals surface area contributed by atoms with Gasteiger partial charge in [0.15, 0.2) is 0 Å². The van der Waals surface area contributed by atoms with Gasteiger partial charge in [0.05, 0.1) is 6.61 Å². The van der Waals surface area contributed by atoms with Gasteiger partial charge < -0.3 is 29.2 Å². The standard InChI is InChI=1S/C46H56N6O4/c1-5-56-43-22-15-37(16-23-43)17-24-45(54)52(35-40-13-20-42(21-14-40)50-31-29-49(30-32-50)36(2)53)44(33-38-9-7-6-8-10-38)46(55)51-27-25-48(26-28-51)34-39-11-18-41(19-12-39)47(3)4/h6-24,44H,5,25-35H2,1-4H3/t44-/m0/s1. The molecule has 0 unspecified atom stereocenters. The van der Waals surface area contributed by atoms with Crippen LogP contribution in [-0.2, 0) is 33.9 Å². The summed E-state index contributed by atoms with van der Waals surface area (Å²) >= 11 is 0. The molecular weight excluding hydrogens is 701 g/mol. The van der Waals surface area contributed by atoms with Crippen LogP contribution in [0.25, 0.3) is 6.08 Å². The molecule has 0 aliphatic carbocycles. The van der Waals surface area contributed by atoms with E-state index in [2.05, 4.69) is 63.2 Å². The molecule has 4 aromatic carbocycles. The van der Waals surface area contributed by atoms with Gasteiger partial charge in [-0.05, 0) is 71.7 Å². The Kier molecular flexibility index (Phi) is 13.8. The molecule has 0 bridgehead atoms. The van der Waals surface area contributed by atoms with Crippen molar-refractivity contribution in [3.05, 3.63) is 131 Å². The van der Waals surface area contributed by atoms with Crippen molar-refractivity contribution in [3.63, 3.8) is 0 Å². The lowest BCUT2D eigenvalue weighted by molar-refractivity contribution is -0.145. The number of hydrogen-bond acceptors (Lipinski definition) is 7. The van der Waals surface area contributed by atoms with Crippen molar-refractivity contribution in [2.24, 2.45) is 0 Å². The number of carbonyl (C=O) groups excluding carboxylic acids is 3. The van der Waals surface area contributed by atoms with E-state index >= 15 is 0 Å². The van der Waals surface area contributed by atoms with Crippen LogP contribution in [0.15, 0.2) is 109 Å². The van der Waals surface area contributed by atoms with Gasteiger partial charge in [-0.15, -0.1) is 0 Å². The molecule has 2 aliphatic heterocycles. The molecule has 6 rings (SSSR count). The molecular formula is C46H56N6O4. The van der Waals surface area contributed by atoms with E-state index in [0.717, 1.165) is 60.9 Å². The summed E-state index contributed by atoms with van der Waals surface area (Å²) in [6, 6.07) is 33.8. The third-order valence-corrected chi connectivity index (χ3v) is 10.7. The lowest BCUT2D eigenvalue weighted by Crippen LogP contribution is -2.56. The summed E-state index contributed by atoms with van der Waals surface area (Å²) in [7, 11) is 4.08. The van der Waals surface area contributed by atoms with Crippen molar-refractivity contribution in [1.82, 2.24) is 19.6 Å². The zero-order chi connectivity index (χ0) is 39.4. The van der Waals surface area contributed by atoms with E-state index in [1.165, 1.54) is 11.3 Å². The number of benzene rings is 4. The molecule has 3 amide bonds. The fourth-order valence-electron chi connectivity index (χ4n) is 7.40. The van der Waals surface area contributed by atoms with Crippen LogP contribution < -0.4 is 14.5 Å². The van der Waals surface area contributed by atoms with Gasteiger partial charge in [0, 0.05) is 110 Å². The quantitative estimate of drug-likeness (QED) is 0.150. The fourth-order valence-corrected chi connectivity index (χ4v) is 7.40. The van der Waals surface area contributed by atoms with Crippen LogP contribution in [0.1, 0.15) is 36.1 Å². The number of rotatable bonds is 14. The van der Waals surface area contributed by atoms with Gasteiger partial charge in [-0.25, -0.2) is 0 Å².